The quantitative estimate of drug-likeness (QED) is 0.747. The van der Waals surface area contributed by atoms with Crippen LogP contribution in [0.2, 0.25) is 0 Å². The first-order chi connectivity index (χ1) is 11.1. The number of rotatable bonds is 7. The number of thioether (sulfide) groups is 1. The molecule has 0 spiro atoms. The number of carbonyl (C=O) groups excluding carboxylic acids is 2. The molecule has 6 nitrogen and oxygen atoms in total. The van der Waals surface area contributed by atoms with Gasteiger partial charge in [-0.15, -0.1) is 11.8 Å². The van der Waals surface area contributed by atoms with Crippen LogP contribution in [0.3, 0.4) is 0 Å². The number of nitrogens with one attached hydrogen (secondary N) is 2. The molecule has 0 bridgehead atoms. The summed E-state index contributed by atoms with van der Waals surface area (Å²) in [6, 6.07) is 7.43. The number of urea groups is 1. The Labute approximate surface area is 140 Å². The first-order valence-corrected chi connectivity index (χ1v) is 8.80. The number of hydrogen-bond acceptors (Lipinski definition) is 4. The molecule has 0 saturated carbocycles. The fourth-order valence-electron chi connectivity index (χ4n) is 2.52. The van der Waals surface area contributed by atoms with Gasteiger partial charge in [-0.1, -0.05) is 6.07 Å². The highest BCUT2D eigenvalue weighted by Gasteiger charge is 2.29. The number of benzene rings is 1. The Kier molecular flexibility index (Phi) is 6.73. The molecule has 7 heteroatoms. The van der Waals surface area contributed by atoms with E-state index in [4.69, 9.17) is 4.74 Å². The van der Waals surface area contributed by atoms with E-state index in [1.807, 2.05) is 30.5 Å². The summed E-state index contributed by atoms with van der Waals surface area (Å²) in [4.78, 5) is 26.7. The second-order valence-corrected chi connectivity index (χ2v) is 6.35. The fourth-order valence-corrected chi connectivity index (χ4v) is 2.98. The summed E-state index contributed by atoms with van der Waals surface area (Å²) >= 11 is 1.63. The van der Waals surface area contributed by atoms with Crippen molar-refractivity contribution < 1.29 is 14.3 Å². The number of hydrogen-bond donors (Lipinski definition) is 2. The minimum atomic E-state index is -0.244. The highest BCUT2D eigenvalue weighted by molar-refractivity contribution is 7.98. The van der Waals surface area contributed by atoms with E-state index in [0.717, 1.165) is 10.6 Å². The SMILES string of the molecule is COCCN1C[C@H](CNC(=O)Nc2cccc(SC)c2)CC1=O. The molecule has 1 aromatic carbocycles. The van der Waals surface area contributed by atoms with Crippen LogP contribution in [0.15, 0.2) is 29.2 Å². The lowest BCUT2D eigenvalue weighted by atomic mass is 10.1. The van der Waals surface area contributed by atoms with Gasteiger partial charge in [-0.05, 0) is 24.5 Å². The van der Waals surface area contributed by atoms with Gasteiger partial charge in [-0.25, -0.2) is 4.79 Å². The molecule has 1 aromatic rings. The summed E-state index contributed by atoms with van der Waals surface area (Å²) in [5.74, 6) is 0.282. The van der Waals surface area contributed by atoms with Crippen molar-refractivity contribution in [3.8, 4) is 0 Å². The molecule has 0 radical (unpaired) electrons. The largest absolute Gasteiger partial charge is 0.383 e. The van der Waals surface area contributed by atoms with Crippen molar-refractivity contribution in [2.45, 2.75) is 11.3 Å². The Morgan fingerprint density at radius 1 is 1.48 bits per heavy atom. The van der Waals surface area contributed by atoms with Gasteiger partial charge in [0.15, 0.2) is 0 Å². The predicted molar refractivity (Wildman–Crippen MR) is 91.8 cm³/mol. The number of amides is 3. The lowest BCUT2D eigenvalue weighted by Gasteiger charge is -2.16. The van der Waals surface area contributed by atoms with E-state index in [9.17, 15) is 9.59 Å². The number of carbonyl (C=O) groups is 2. The molecule has 1 heterocycles. The highest BCUT2D eigenvalue weighted by atomic mass is 32.2. The molecule has 3 amide bonds. The fraction of sp³-hybridized carbons (Fsp3) is 0.500. The van der Waals surface area contributed by atoms with Crippen LogP contribution >= 0.6 is 11.8 Å². The van der Waals surface area contributed by atoms with Gasteiger partial charge >= 0.3 is 6.03 Å². The number of anilines is 1. The van der Waals surface area contributed by atoms with E-state index in [2.05, 4.69) is 10.6 Å². The average Bonchev–Trinajstić information content (AvgIpc) is 2.91. The van der Waals surface area contributed by atoms with E-state index in [1.165, 1.54) is 0 Å². The van der Waals surface area contributed by atoms with Crippen LogP contribution in [0.4, 0.5) is 10.5 Å². The van der Waals surface area contributed by atoms with Gasteiger partial charge in [0.05, 0.1) is 6.61 Å². The normalized spacial score (nSPS) is 17.4. The van der Waals surface area contributed by atoms with Crippen molar-refractivity contribution in [2.75, 3.05) is 44.9 Å². The van der Waals surface area contributed by atoms with E-state index >= 15 is 0 Å². The van der Waals surface area contributed by atoms with Crippen molar-refractivity contribution >= 4 is 29.4 Å². The molecular weight excluding hydrogens is 314 g/mol. The van der Waals surface area contributed by atoms with Crippen LogP contribution in [-0.2, 0) is 9.53 Å². The maximum absolute atomic E-state index is 12.0. The predicted octanol–water partition coefficient (Wildman–Crippen LogP) is 2.02. The molecule has 23 heavy (non-hydrogen) atoms. The van der Waals surface area contributed by atoms with Gasteiger partial charge < -0.3 is 20.3 Å². The summed E-state index contributed by atoms with van der Waals surface area (Å²) in [5, 5.41) is 5.66. The van der Waals surface area contributed by atoms with E-state index in [0.29, 0.717) is 32.7 Å². The summed E-state index contributed by atoms with van der Waals surface area (Å²) < 4.78 is 5.00. The number of likely N-dealkylation sites (tertiary alicyclic amines) is 1. The molecule has 1 saturated heterocycles. The zero-order valence-corrected chi connectivity index (χ0v) is 14.3. The lowest BCUT2D eigenvalue weighted by Crippen LogP contribution is -2.34. The Morgan fingerprint density at radius 3 is 3.04 bits per heavy atom. The van der Waals surface area contributed by atoms with Crippen LogP contribution in [0.5, 0.6) is 0 Å². The second kappa shape index (κ2) is 8.79. The Hall–Kier alpha value is -1.73. The molecule has 2 N–H and O–H groups in total. The van der Waals surface area contributed by atoms with Crippen molar-refractivity contribution in [2.24, 2.45) is 5.92 Å². The third-order valence-electron chi connectivity index (χ3n) is 3.74. The first-order valence-electron chi connectivity index (χ1n) is 7.58. The van der Waals surface area contributed by atoms with Crippen molar-refractivity contribution in [1.82, 2.24) is 10.2 Å². The van der Waals surface area contributed by atoms with Crippen LogP contribution in [-0.4, -0.2) is 56.4 Å². The zero-order chi connectivity index (χ0) is 16.7. The molecule has 2 rings (SSSR count). The maximum Gasteiger partial charge on any atom is 0.319 e. The summed E-state index contributed by atoms with van der Waals surface area (Å²) in [5.41, 5.74) is 0.763. The number of ether oxygens (including phenoxy) is 1. The molecule has 1 aliphatic heterocycles. The van der Waals surface area contributed by atoms with E-state index in [1.54, 1.807) is 23.8 Å². The molecule has 1 aliphatic rings. The summed E-state index contributed by atoms with van der Waals surface area (Å²) in [6.45, 7) is 2.31. The van der Waals surface area contributed by atoms with Gasteiger partial charge in [0, 0.05) is 49.7 Å². The van der Waals surface area contributed by atoms with Crippen LogP contribution in [0.1, 0.15) is 6.42 Å². The molecule has 0 aromatic heterocycles. The van der Waals surface area contributed by atoms with Gasteiger partial charge in [0.2, 0.25) is 5.91 Å². The Balaban J connectivity index is 1.75. The third kappa shape index (κ3) is 5.44. The second-order valence-electron chi connectivity index (χ2n) is 5.47. The van der Waals surface area contributed by atoms with Crippen LogP contribution < -0.4 is 10.6 Å². The smallest absolute Gasteiger partial charge is 0.319 e. The standard InChI is InChI=1S/C16H23N3O3S/c1-22-7-6-19-11-12(8-15(19)20)10-17-16(21)18-13-4-3-5-14(9-13)23-2/h3-5,9,12H,6-8,10-11H2,1-2H3,(H2,17,18,21)/t12-/m0/s1. The number of nitrogens with zero attached hydrogens (tertiary/aromatic N) is 1. The van der Waals surface area contributed by atoms with Crippen LogP contribution in [0.25, 0.3) is 0 Å². The van der Waals surface area contributed by atoms with Crippen molar-refractivity contribution in [3.05, 3.63) is 24.3 Å². The van der Waals surface area contributed by atoms with Gasteiger partial charge in [0.25, 0.3) is 0 Å². The Morgan fingerprint density at radius 2 is 2.30 bits per heavy atom. The summed E-state index contributed by atoms with van der Waals surface area (Å²) in [6.07, 6.45) is 2.47. The average molecular weight is 337 g/mol. The molecule has 0 aliphatic carbocycles. The maximum atomic E-state index is 12.0. The van der Waals surface area contributed by atoms with E-state index in [-0.39, 0.29) is 17.9 Å². The molecule has 126 valence electrons. The summed E-state index contributed by atoms with van der Waals surface area (Å²) in [7, 11) is 1.62. The molecule has 0 unspecified atom stereocenters. The van der Waals surface area contributed by atoms with E-state index < -0.39 is 0 Å². The van der Waals surface area contributed by atoms with Gasteiger partial charge in [0.1, 0.15) is 0 Å². The van der Waals surface area contributed by atoms with Gasteiger partial charge in [-0.3, -0.25) is 4.79 Å². The first kappa shape index (κ1) is 17.6. The van der Waals surface area contributed by atoms with Crippen molar-refractivity contribution in [3.63, 3.8) is 0 Å². The minimum absolute atomic E-state index is 0.127. The number of methoxy groups -OCH3 is 1. The minimum Gasteiger partial charge on any atom is -0.383 e. The third-order valence-corrected chi connectivity index (χ3v) is 4.46. The zero-order valence-electron chi connectivity index (χ0n) is 13.5. The van der Waals surface area contributed by atoms with Crippen molar-refractivity contribution in [1.29, 1.82) is 0 Å². The monoisotopic (exact) mass is 337 g/mol. The topological polar surface area (TPSA) is 70.7 Å². The molecule has 1 atom stereocenters. The molecular formula is C16H23N3O3S. The Bertz CT molecular complexity index is 553. The van der Waals surface area contributed by atoms with Gasteiger partial charge in [-0.2, -0.15) is 0 Å². The van der Waals surface area contributed by atoms with Crippen LogP contribution in [0, 0.1) is 5.92 Å². The lowest BCUT2D eigenvalue weighted by molar-refractivity contribution is -0.128. The molecule has 1 fully saturated rings. The highest BCUT2D eigenvalue weighted by Crippen LogP contribution is 2.19.